The van der Waals surface area contributed by atoms with Crippen LogP contribution in [0.15, 0.2) is 41.5 Å². The van der Waals surface area contributed by atoms with E-state index in [0.717, 1.165) is 33.3 Å². The highest BCUT2D eigenvalue weighted by Crippen LogP contribution is 2.64. The molecule has 4 N–H and O–H groups in total. The number of hydrogen-bond donors (Lipinski definition) is 4. The van der Waals surface area contributed by atoms with E-state index >= 15 is 4.79 Å². The Balaban J connectivity index is 1.52. The van der Waals surface area contributed by atoms with Gasteiger partial charge in [-0.3, -0.25) is 14.4 Å². The highest BCUT2D eigenvalue weighted by atomic mass is 16.8. The van der Waals surface area contributed by atoms with Crippen molar-refractivity contribution in [3.63, 3.8) is 0 Å². The van der Waals surface area contributed by atoms with Gasteiger partial charge >= 0.3 is 24.1 Å². The van der Waals surface area contributed by atoms with E-state index in [9.17, 15) is 39.3 Å². The monoisotopic (exact) mass is 855 g/mol. The van der Waals surface area contributed by atoms with Crippen LogP contribution in [0.5, 0.6) is 0 Å². The first-order chi connectivity index (χ1) is 28.4. The van der Waals surface area contributed by atoms with Crippen molar-refractivity contribution in [2.45, 2.75) is 154 Å². The molecule has 4 aliphatic carbocycles. The van der Waals surface area contributed by atoms with Crippen molar-refractivity contribution in [1.29, 1.82) is 0 Å². The van der Waals surface area contributed by atoms with Gasteiger partial charge in [0.15, 0.2) is 23.6 Å². The fourth-order valence-corrected chi connectivity index (χ4v) is 10.7. The number of aliphatic hydroxyl groups excluding tert-OH is 2. The van der Waals surface area contributed by atoms with Crippen LogP contribution < -0.4 is 5.32 Å². The van der Waals surface area contributed by atoms with Crippen molar-refractivity contribution in [3.05, 3.63) is 47.0 Å². The summed E-state index contributed by atoms with van der Waals surface area (Å²) in [6.07, 6.45) is -7.49. The van der Waals surface area contributed by atoms with Gasteiger partial charge in [-0.15, -0.1) is 0 Å². The first-order valence-electron chi connectivity index (χ1n) is 21.1. The third kappa shape index (κ3) is 7.86. The molecule has 5 aliphatic rings. The molecule has 1 amide bonds. The lowest BCUT2D eigenvalue weighted by Crippen LogP contribution is -2.82. The average molecular weight is 856 g/mol. The molecule has 336 valence electrons. The topological polar surface area (TPSA) is 231 Å². The van der Waals surface area contributed by atoms with Gasteiger partial charge in [0.1, 0.15) is 23.9 Å². The van der Waals surface area contributed by atoms with Crippen LogP contribution in [0.25, 0.3) is 0 Å². The van der Waals surface area contributed by atoms with Crippen LogP contribution in [0.3, 0.4) is 0 Å². The number of hydrogen-bond acceptors (Lipinski definition) is 15. The van der Waals surface area contributed by atoms with E-state index in [1.54, 1.807) is 52.8 Å². The number of fused-ring (bicyclic) bond motifs is 5. The van der Waals surface area contributed by atoms with E-state index in [0.29, 0.717) is 12.8 Å². The Hall–Kier alpha value is -4.38. The van der Waals surface area contributed by atoms with Crippen LogP contribution in [0.1, 0.15) is 111 Å². The predicted octanol–water partition coefficient (Wildman–Crippen LogP) is 3.90. The lowest BCUT2D eigenvalue weighted by atomic mass is 9.44. The minimum atomic E-state index is -2.39. The molecule has 61 heavy (non-hydrogen) atoms. The second kappa shape index (κ2) is 16.7. The minimum absolute atomic E-state index is 0.00858. The molecule has 11 atom stereocenters. The predicted molar refractivity (Wildman–Crippen MR) is 214 cm³/mol. The number of aliphatic hydroxyl groups is 3. The van der Waals surface area contributed by atoms with Crippen LogP contribution in [0.2, 0.25) is 0 Å². The number of carbonyl (C=O) groups excluding carboxylic acids is 6. The Morgan fingerprint density at radius 1 is 0.967 bits per heavy atom. The summed E-state index contributed by atoms with van der Waals surface area (Å²) in [6.45, 7) is 12.0. The lowest BCUT2D eigenvalue weighted by molar-refractivity contribution is -0.344. The average Bonchev–Trinajstić information content (AvgIpc) is 3.20. The number of carbonyl (C=O) groups is 6. The first kappa shape index (κ1) is 46.1. The number of nitrogens with one attached hydrogen (secondary N) is 1. The molecule has 4 fully saturated rings. The third-order valence-corrected chi connectivity index (χ3v) is 14.3. The van der Waals surface area contributed by atoms with Gasteiger partial charge in [0.05, 0.1) is 42.8 Å². The molecule has 6 rings (SSSR count). The number of esters is 3. The van der Waals surface area contributed by atoms with E-state index in [4.69, 9.17) is 28.4 Å². The molecule has 1 heterocycles. The van der Waals surface area contributed by atoms with Gasteiger partial charge < -0.3 is 49.1 Å². The molecule has 1 aromatic rings. The highest BCUT2D eigenvalue weighted by Gasteiger charge is 2.78. The number of ketones is 1. The molecule has 1 saturated heterocycles. The second-order valence-corrected chi connectivity index (χ2v) is 19.3. The Labute approximate surface area is 356 Å². The fraction of sp³-hybridized carbons (Fsp3) is 0.689. The molecule has 0 aromatic heterocycles. The van der Waals surface area contributed by atoms with Crippen molar-refractivity contribution in [1.82, 2.24) is 5.32 Å². The van der Waals surface area contributed by atoms with Crippen LogP contribution in [-0.2, 0) is 47.6 Å². The van der Waals surface area contributed by atoms with Gasteiger partial charge in [0.25, 0.3) is 0 Å². The van der Waals surface area contributed by atoms with Crippen molar-refractivity contribution < 1.29 is 72.5 Å². The van der Waals surface area contributed by atoms with Gasteiger partial charge in [-0.1, -0.05) is 72.1 Å². The van der Waals surface area contributed by atoms with Gasteiger partial charge in [-0.2, -0.15) is 0 Å². The zero-order valence-corrected chi connectivity index (χ0v) is 36.5. The summed E-state index contributed by atoms with van der Waals surface area (Å²) in [7, 11) is 1.08. The number of benzene rings is 1. The van der Waals surface area contributed by atoms with Gasteiger partial charge in [0, 0.05) is 31.1 Å². The maximum Gasteiger partial charge on any atom is 0.508 e. The Morgan fingerprint density at radius 2 is 1.61 bits per heavy atom. The summed E-state index contributed by atoms with van der Waals surface area (Å²) in [5.74, 6) is -6.03. The first-order valence-corrected chi connectivity index (χ1v) is 21.1. The molecule has 16 nitrogen and oxygen atoms in total. The van der Waals surface area contributed by atoms with E-state index in [2.05, 4.69) is 5.32 Å². The molecular weight excluding hydrogens is 794 g/mol. The lowest BCUT2D eigenvalue weighted by Gasteiger charge is -2.67. The normalized spacial score (nSPS) is 34.4. The summed E-state index contributed by atoms with van der Waals surface area (Å²) in [4.78, 5) is 83.5. The molecule has 0 spiro atoms. The standard InChI is InChI=1S/C45H61NO15/c1-23-27(59-39(53)31(49)34(41(3,4)5)46-37(51)25-16-12-10-13-17-25)21-45(55)36(60-38(52)26-18-14-11-15-19-26)33-43(8,35(50)32(58-24(2)47)30(23)42(45,6)7)28(48)20-29-44(33,22-57-29)61-40(54)56-9/h11,14-15,18-19,25,27-29,31-34,36,48-49,55H,10,12-13,16-17,20-22H2,1-9H3,(H,46,51)/t27-,28-,29?,31+,32+,33?,34+,36?,43+,44-,45+/m0/s1. The summed E-state index contributed by atoms with van der Waals surface area (Å²) in [5.41, 5.74) is -8.59. The highest BCUT2D eigenvalue weighted by molar-refractivity contribution is 5.95. The van der Waals surface area contributed by atoms with Crippen LogP contribution >= 0.6 is 0 Å². The Morgan fingerprint density at radius 3 is 2.16 bits per heavy atom. The summed E-state index contributed by atoms with van der Waals surface area (Å²) in [5, 5.41) is 40.4. The second-order valence-electron chi connectivity index (χ2n) is 19.3. The van der Waals surface area contributed by atoms with Gasteiger partial charge in [-0.05, 0) is 55.4 Å². The molecule has 3 unspecified atom stereocenters. The fourth-order valence-electron chi connectivity index (χ4n) is 10.7. The molecule has 1 aromatic carbocycles. The molecule has 3 saturated carbocycles. The largest absolute Gasteiger partial charge is 0.508 e. The van der Waals surface area contributed by atoms with E-state index in [1.165, 1.54) is 26.0 Å². The van der Waals surface area contributed by atoms with Crippen LogP contribution in [0.4, 0.5) is 4.79 Å². The number of methoxy groups -OCH3 is 1. The van der Waals surface area contributed by atoms with Gasteiger partial charge in [0.2, 0.25) is 5.91 Å². The van der Waals surface area contributed by atoms with Crippen LogP contribution in [0, 0.1) is 28.1 Å². The van der Waals surface area contributed by atoms with Gasteiger partial charge in [-0.25, -0.2) is 14.4 Å². The zero-order valence-electron chi connectivity index (χ0n) is 36.5. The number of amides is 1. The summed E-state index contributed by atoms with van der Waals surface area (Å²) < 4.78 is 35.1. The van der Waals surface area contributed by atoms with E-state index in [1.807, 2.05) is 0 Å². The number of Topliss-reactive ketones (excluding diaryl/α,β-unsaturated/α-hetero) is 1. The van der Waals surface area contributed by atoms with Crippen molar-refractivity contribution in [3.8, 4) is 0 Å². The van der Waals surface area contributed by atoms with Crippen molar-refractivity contribution in [2.75, 3.05) is 13.7 Å². The SMILES string of the molecule is COC(=O)O[C@@]12COC1C[C@H](O)[C@@]1(C)C(=O)[C@H](OC(C)=O)C3=C(C)[C@@H](OC(=O)[C@H](O)[C@@H](NC(=O)C4CCCCC4)C(C)(C)C)C[C@@](O)(C(OC(=O)c4ccccc4)C21)C3(C)C. The number of ether oxygens (including phenoxy) is 6. The molecule has 2 bridgehead atoms. The summed E-state index contributed by atoms with van der Waals surface area (Å²) >= 11 is 0. The van der Waals surface area contributed by atoms with Crippen molar-refractivity contribution >= 4 is 35.8 Å². The smallest absolute Gasteiger partial charge is 0.456 e. The minimum Gasteiger partial charge on any atom is -0.456 e. The Kier molecular flexibility index (Phi) is 12.6. The molecular formula is C45H61NO15. The third-order valence-electron chi connectivity index (χ3n) is 14.3. The zero-order chi connectivity index (χ0) is 45.0. The van der Waals surface area contributed by atoms with E-state index < -0.39 is 112 Å². The molecule has 1 aliphatic heterocycles. The summed E-state index contributed by atoms with van der Waals surface area (Å²) in [6, 6.07) is 6.73. The quantitative estimate of drug-likeness (QED) is 0.157. The van der Waals surface area contributed by atoms with Crippen LogP contribution in [-0.4, -0.2) is 119 Å². The Bertz CT molecular complexity index is 1930. The number of rotatable bonds is 9. The molecule has 0 radical (unpaired) electrons. The maximum atomic E-state index is 15.5. The van der Waals surface area contributed by atoms with Crippen molar-refractivity contribution in [2.24, 2.45) is 28.1 Å². The maximum absolute atomic E-state index is 15.5. The van der Waals surface area contributed by atoms with E-state index in [-0.39, 0.29) is 41.6 Å². The molecule has 16 heteroatoms.